The molecule has 1 saturated heterocycles. The van der Waals surface area contributed by atoms with Crippen LogP contribution in [0.15, 0.2) is 0 Å². The third kappa shape index (κ3) is 5.98. The number of esters is 1. The molecule has 0 unspecified atom stereocenters. The highest BCUT2D eigenvalue weighted by atomic mass is 32.2. The summed E-state index contributed by atoms with van der Waals surface area (Å²) in [5, 5.41) is 9.08. The average Bonchev–Trinajstić information content (AvgIpc) is 2.72. The second-order valence-electron chi connectivity index (χ2n) is 4.94. The molecule has 1 atom stereocenters. The van der Waals surface area contributed by atoms with E-state index < -0.39 is 28.2 Å². The van der Waals surface area contributed by atoms with Crippen LogP contribution in [-0.2, 0) is 24.5 Å². The minimum Gasteiger partial charge on any atom is -0.480 e. The van der Waals surface area contributed by atoms with Gasteiger partial charge in [-0.1, -0.05) is 12.8 Å². The van der Waals surface area contributed by atoms with Crippen LogP contribution in [0.4, 0.5) is 0 Å². The minimum atomic E-state index is -3.86. The summed E-state index contributed by atoms with van der Waals surface area (Å²) in [6, 6.07) is -1.34. The molecule has 1 fully saturated rings. The summed E-state index contributed by atoms with van der Waals surface area (Å²) < 4.78 is 32.3. The summed E-state index contributed by atoms with van der Waals surface area (Å²) >= 11 is 0. The Hall–Kier alpha value is -1.19. The number of hydrogen-bond acceptors (Lipinski definition) is 5. The molecule has 8 nitrogen and oxygen atoms in total. The molecule has 0 spiro atoms. The monoisotopic (exact) mass is 322 g/mol. The number of rotatable bonds is 7. The minimum absolute atomic E-state index is 0.144. The summed E-state index contributed by atoms with van der Waals surface area (Å²) in [7, 11) is -2.66. The van der Waals surface area contributed by atoms with E-state index in [-0.39, 0.29) is 12.8 Å². The lowest BCUT2D eigenvalue weighted by atomic mass is 10.2. The maximum Gasteiger partial charge on any atom is 0.321 e. The standard InChI is InChI=1S/C12H22N2O6S/c1-20-11(15)7-6-10(12(16)17)13-21(18,19)14-8-4-2-3-5-9-14/h10,13H,2-9H2,1H3,(H,16,17)/t10-/m1/s1. The summed E-state index contributed by atoms with van der Waals surface area (Å²) in [6.07, 6.45) is 3.17. The zero-order valence-electron chi connectivity index (χ0n) is 12.1. The van der Waals surface area contributed by atoms with Crippen LogP contribution in [0, 0.1) is 0 Å². The molecule has 0 bridgehead atoms. The number of nitrogens with zero attached hydrogens (tertiary/aromatic N) is 1. The van der Waals surface area contributed by atoms with Crippen molar-refractivity contribution in [3.05, 3.63) is 0 Å². The second kappa shape index (κ2) is 8.30. The zero-order chi connectivity index (χ0) is 15.9. The fourth-order valence-electron chi connectivity index (χ4n) is 2.13. The van der Waals surface area contributed by atoms with Gasteiger partial charge in [-0.3, -0.25) is 9.59 Å². The molecule has 21 heavy (non-hydrogen) atoms. The Morgan fingerprint density at radius 3 is 2.29 bits per heavy atom. The normalized spacial score (nSPS) is 18.7. The van der Waals surface area contributed by atoms with E-state index >= 15 is 0 Å². The fourth-order valence-corrected chi connectivity index (χ4v) is 3.60. The van der Waals surface area contributed by atoms with Crippen LogP contribution in [0.5, 0.6) is 0 Å². The van der Waals surface area contributed by atoms with Gasteiger partial charge in [0.15, 0.2) is 0 Å². The molecule has 1 aliphatic heterocycles. The van der Waals surface area contributed by atoms with Crippen LogP contribution in [0.25, 0.3) is 0 Å². The van der Waals surface area contributed by atoms with E-state index in [0.717, 1.165) is 25.7 Å². The smallest absolute Gasteiger partial charge is 0.321 e. The van der Waals surface area contributed by atoms with Gasteiger partial charge >= 0.3 is 11.9 Å². The lowest BCUT2D eigenvalue weighted by molar-refractivity contribution is -0.142. The first-order valence-corrected chi connectivity index (χ1v) is 8.38. The van der Waals surface area contributed by atoms with Gasteiger partial charge in [0, 0.05) is 19.5 Å². The van der Waals surface area contributed by atoms with Gasteiger partial charge in [-0.15, -0.1) is 0 Å². The van der Waals surface area contributed by atoms with Crippen LogP contribution in [0.1, 0.15) is 38.5 Å². The van der Waals surface area contributed by atoms with Gasteiger partial charge in [0.2, 0.25) is 0 Å². The third-order valence-corrected chi connectivity index (χ3v) is 4.99. The number of methoxy groups -OCH3 is 1. The molecule has 0 amide bonds. The van der Waals surface area contributed by atoms with Gasteiger partial charge in [0.25, 0.3) is 10.2 Å². The zero-order valence-corrected chi connectivity index (χ0v) is 12.9. The van der Waals surface area contributed by atoms with Crippen LogP contribution in [-0.4, -0.2) is 56.0 Å². The summed E-state index contributed by atoms with van der Waals surface area (Å²) in [5.74, 6) is -1.88. The molecule has 0 aromatic carbocycles. The molecule has 0 saturated carbocycles. The molecule has 2 N–H and O–H groups in total. The van der Waals surface area contributed by atoms with Gasteiger partial charge in [0.05, 0.1) is 7.11 Å². The highest BCUT2D eigenvalue weighted by Crippen LogP contribution is 2.13. The quantitative estimate of drug-likeness (QED) is 0.643. The van der Waals surface area contributed by atoms with E-state index in [9.17, 15) is 18.0 Å². The molecule has 122 valence electrons. The first-order chi connectivity index (χ1) is 9.86. The SMILES string of the molecule is COC(=O)CC[C@@H](NS(=O)(=O)N1CCCCCC1)C(=O)O. The van der Waals surface area contributed by atoms with Gasteiger partial charge in [-0.05, 0) is 19.3 Å². The predicted octanol–water partition coefficient (Wildman–Crippen LogP) is 0.103. The van der Waals surface area contributed by atoms with Crippen LogP contribution in [0.3, 0.4) is 0 Å². The van der Waals surface area contributed by atoms with E-state index in [2.05, 4.69) is 9.46 Å². The first kappa shape index (κ1) is 17.9. The number of hydrogen-bond donors (Lipinski definition) is 2. The summed E-state index contributed by atoms with van der Waals surface area (Å²) in [5.41, 5.74) is 0. The maximum absolute atomic E-state index is 12.2. The molecule has 0 aliphatic carbocycles. The van der Waals surface area contributed by atoms with E-state index in [1.165, 1.54) is 11.4 Å². The van der Waals surface area contributed by atoms with Gasteiger partial charge in [0.1, 0.15) is 6.04 Å². The number of aliphatic carboxylic acids is 1. The lowest BCUT2D eigenvalue weighted by Crippen LogP contribution is -2.48. The van der Waals surface area contributed by atoms with Crippen molar-refractivity contribution >= 4 is 22.1 Å². The molecule has 1 aliphatic rings. The number of nitrogens with one attached hydrogen (secondary N) is 1. The fraction of sp³-hybridized carbons (Fsp3) is 0.833. The predicted molar refractivity (Wildman–Crippen MR) is 74.8 cm³/mol. The van der Waals surface area contributed by atoms with Crippen molar-refractivity contribution in [3.63, 3.8) is 0 Å². The Balaban J connectivity index is 2.67. The van der Waals surface area contributed by atoms with E-state index in [0.29, 0.717) is 13.1 Å². The van der Waals surface area contributed by atoms with Gasteiger partial charge < -0.3 is 9.84 Å². The number of carbonyl (C=O) groups is 2. The number of carboxylic acid groups (broad SMARTS) is 1. The molecule has 1 rings (SSSR count). The lowest BCUT2D eigenvalue weighted by Gasteiger charge is -2.23. The van der Waals surface area contributed by atoms with Crippen LogP contribution >= 0.6 is 0 Å². The molecular formula is C12H22N2O6S. The van der Waals surface area contributed by atoms with E-state index in [1.807, 2.05) is 0 Å². The molecule has 9 heteroatoms. The molecule has 1 heterocycles. The van der Waals surface area contributed by atoms with Gasteiger partial charge in [-0.25, -0.2) is 0 Å². The second-order valence-corrected chi connectivity index (χ2v) is 6.64. The molecule has 0 aromatic heterocycles. The highest BCUT2D eigenvalue weighted by Gasteiger charge is 2.29. The van der Waals surface area contributed by atoms with Crippen LogP contribution < -0.4 is 4.72 Å². The van der Waals surface area contributed by atoms with E-state index in [1.54, 1.807) is 0 Å². The molecular weight excluding hydrogens is 300 g/mol. The van der Waals surface area contributed by atoms with Crippen molar-refractivity contribution < 1.29 is 27.9 Å². The first-order valence-electron chi connectivity index (χ1n) is 6.94. The van der Waals surface area contributed by atoms with E-state index in [4.69, 9.17) is 5.11 Å². The van der Waals surface area contributed by atoms with Crippen molar-refractivity contribution in [2.24, 2.45) is 0 Å². The van der Waals surface area contributed by atoms with Crippen molar-refractivity contribution in [3.8, 4) is 0 Å². The van der Waals surface area contributed by atoms with Crippen molar-refractivity contribution in [2.45, 2.75) is 44.6 Å². The Bertz CT molecular complexity index is 456. The Morgan fingerprint density at radius 2 is 1.81 bits per heavy atom. The summed E-state index contributed by atoms with van der Waals surface area (Å²) in [6.45, 7) is 0.775. The maximum atomic E-state index is 12.2. The summed E-state index contributed by atoms with van der Waals surface area (Å²) in [4.78, 5) is 22.2. The largest absolute Gasteiger partial charge is 0.480 e. The number of ether oxygens (including phenoxy) is 1. The number of carbonyl (C=O) groups excluding carboxylic acids is 1. The van der Waals surface area contributed by atoms with Crippen molar-refractivity contribution in [1.29, 1.82) is 0 Å². The Labute approximate surface area is 124 Å². The number of carboxylic acids is 1. The topological polar surface area (TPSA) is 113 Å². The third-order valence-electron chi connectivity index (χ3n) is 3.36. The molecule has 0 radical (unpaired) electrons. The Kier molecular flexibility index (Phi) is 7.06. The average molecular weight is 322 g/mol. The Morgan fingerprint density at radius 1 is 1.24 bits per heavy atom. The van der Waals surface area contributed by atoms with Crippen LogP contribution in [0.2, 0.25) is 0 Å². The molecule has 0 aromatic rings. The van der Waals surface area contributed by atoms with Crippen molar-refractivity contribution in [2.75, 3.05) is 20.2 Å². The highest BCUT2D eigenvalue weighted by molar-refractivity contribution is 7.87. The van der Waals surface area contributed by atoms with Gasteiger partial charge in [-0.2, -0.15) is 17.4 Å². The van der Waals surface area contributed by atoms with Crippen molar-refractivity contribution in [1.82, 2.24) is 9.03 Å².